The van der Waals surface area contributed by atoms with E-state index in [0.29, 0.717) is 18.7 Å². The number of carbonyl (C=O) groups is 1. The third-order valence-corrected chi connectivity index (χ3v) is 3.77. The van der Waals surface area contributed by atoms with Gasteiger partial charge in [0.15, 0.2) is 0 Å². The maximum atomic E-state index is 12.6. The molecule has 4 heteroatoms. The molecule has 0 radical (unpaired) electrons. The number of ether oxygens (including phenoxy) is 1. The SMILES string of the molecule is COc1ccccc1N1C(=O)CCN(C)c2ccccc21. The highest BCUT2D eigenvalue weighted by atomic mass is 16.5. The van der Waals surface area contributed by atoms with Crippen LogP contribution in [0.2, 0.25) is 0 Å². The van der Waals surface area contributed by atoms with Crippen LogP contribution in [-0.4, -0.2) is 26.6 Å². The molecule has 0 N–H and O–H groups in total. The van der Waals surface area contributed by atoms with Gasteiger partial charge in [-0.15, -0.1) is 0 Å². The van der Waals surface area contributed by atoms with Crippen LogP contribution in [0, 0.1) is 0 Å². The molecule has 1 amide bonds. The topological polar surface area (TPSA) is 32.8 Å². The number of hydrogen-bond acceptors (Lipinski definition) is 3. The van der Waals surface area contributed by atoms with E-state index >= 15 is 0 Å². The first-order valence-corrected chi connectivity index (χ1v) is 6.98. The molecule has 0 fully saturated rings. The van der Waals surface area contributed by atoms with Gasteiger partial charge in [-0.1, -0.05) is 24.3 Å². The van der Waals surface area contributed by atoms with Crippen molar-refractivity contribution in [3.63, 3.8) is 0 Å². The minimum atomic E-state index is 0.0799. The van der Waals surface area contributed by atoms with E-state index in [4.69, 9.17) is 4.74 Å². The van der Waals surface area contributed by atoms with Crippen molar-refractivity contribution < 1.29 is 9.53 Å². The van der Waals surface area contributed by atoms with E-state index in [-0.39, 0.29) is 5.91 Å². The molecule has 108 valence electrons. The van der Waals surface area contributed by atoms with Gasteiger partial charge in [0.2, 0.25) is 5.91 Å². The van der Waals surface area contributed by atoms with Crippen LogP contribution in [-0.2, 0) is 4.79 Å². The lowest BCUT2D eigenvalue weighted by atomic mass is 10.2. The van der Waals surface area contributed by atoms with Crippen LogP contribution in [0.5, 0.6) is 5.75 Å². The minimum absolute atomic E-state index is 0.0799. The summed E-state index contributed by atoms with van der Waals surface area (Å²) in [4.78, 5) is 16.5. The third-order valence-electron chi connectivity index (χ3n) is 3.77. The molecular formula is C17H18N2O2. The van der Waals surface area contributed by atoms with Crippen molar-refractivity contribution in [1.82, 2.24) is 0 Å². The van der Waals surface area contributed by atoms with E-state index in [2.05, 4.69) is 4.90 Å². The monoisotopic (exact) mass is 282 g/mol. The van der Waals surface area contributed by atoms with Crippen molar-refractivity contribution in [3.8, 4) is 5.75 Å². The van der Waals surface area contributed by atoms with Crippen molar-refractivity contribution in [2.45, 2.75) is 6.42 Å². The number of hydrogen-bond donors (Lipinski definition) is 0. The van der Waals surface area contributed by atoms with Crippen molar-refractivity contribution >= 4 is 23.0 Å². The summed E-state index contributed by atoms with van der Waals surface area (Å²) in [6, 6.07) is 15.6. The average Bonchev–Trinajstić information content (AvgIpc) is 2.65. The molecule has 2 aromatic carbocycles. The highest BCUT2D eigenvalue weighted by Crippen LogP contribution is 2.40. The van der Waals surface area contributed by atoms with Gasteiger partial charge in [0.05, 0.1) is 24.2 Å². The summed E-state index contributed by atoms with van der Waals surface area (Å²) in [5.41, 5.74) is 2.73. The summed E-state index contributed by atoms with van der Waals surface area (Å²) in [5, 5.41) is 0. The smallest absolute Gasteiger partial charge is 0.233 e. The number of carbonyl (C=O) groups excluding carboxylic acids is 1. The van der Waals surface area contributed by atoms with Crippen LogP contribution in [0.3, 0.4) is 0 Å². The van der Waals surface area contributed by atoms with Gasteiger partial charge in [0.1, 0.15) is 5.75 Å². The van der Waals surface area contributed by atoms with E-state index in [1.54, 1.807) is 12.0 Å². The molecule has 0 saturated carbocycles. The Hall–Kier alpha value is -2.49. The molecule has 0 aliphatic carbocycles. The predicted octanol–water partition coefficient (Wildman–Crippen LogP) is 3.20. The standard InChI is InChI=1S/C17H18N2O2/c1-18-12-11-17(20)19(14-8-4-3-7-13(14)18)15-9-5-6-10-16(15)21-2/h3-10H,11-12H2,1-2H3. The summed E-state index contributed by atoms with van der Waals surface area (Å²) in [7, 11) is 3.64. The van der Waals surface area contributed by atoms with E-state index in [1.165, 1.54) is 0 Å². The zero-order valence-electron chi connectivity index (χ0n) is 12.2. The molecule has 4 nitrogen and oxygen atoms in total. The number of methoxy groups -OCH3 is 1. The summed E-state index contributed by atoms with van der Waals surface area (Å²) < 4.78 is 5.42. The molecule has 2 aromatic rings. The Bertz CT molecular complexity index is 669. The maximum absolute atomic E-state index is 12.6. The second kappa shape index (κ2) is 5.48. The number of amides is 1. The first-order chi connectivity index (χ1) is 10.2. The molecule has 0 spiro atoms. The van der Waals surface area contributed by atoms with Gasteiger partial charge < -0.3 is 9.64 Å². The molecular weight excluding hydrogens is 264 g/mol. The van der Waals surface area contributed by atoms with Gasteiger partial charge in [0, 0.05) is 20.0 Å². The lowest BCUT2D eigenvalue weighted by molar-refractivity contribution is -0.117. The minimum Gasteiger partial charge on any atom is -0.495 e. The Morgan fingerprint density at radius 3 is 2.29 bits per heavy atom. The summed E-state index contributed by atoms with van der Waals surface area (Å²) in [6.07, 6.45) is 0.475. The van der Waals surface area contributed by atoms with Crippen LogP contribution in [0.1, 0.15) is 6.42 Å². The van der Waals surface area contributed by atoms with Gasteiger partial charge in [-0.25, -0.2) is 0 Å². The zero-order valence-corrected chi connectivity index (χ0v) is 12.2. The number of fused-ring (bicyclic) bond motifs is 1. The zero-order chi connectivity index (χ0) is 14.8. The Balaban J connectivity index is 2.20. The summed E-state index contributed by atoms with van der Waals surface area (Å²) >= 11 is 0. The molecule has 0 atom stereocenters. The number of para-hydroxylation sites is 4. The molecule has 0 unspecified atom stereocenters. The number of benzene rings is 2. The second-order valence-corrected chi connectivity index (χ2v) is 5.06. The lowest BCUT2D eigenvalue weighted by Crippen LogP contribution is -2.25. The second-order valence-electron chi connectivity index (χ2n) is 5.06. The number of rotatable bonds is 2. The molecule has 1 heterocycles. The molecule has 0 bridgehead atoms. The molecule has 0 saturated heterocycles. The van der Waals surface area contributed by atoms with Crippen molar-refractivity contribution in [2.24, 2.45) is 0 Å². The highest BCUT2D eigenvalue weighted by molar-refractivity contribution is 6.05. The van der Waals surface area contributed by atoms with E-state index in [9.17, 15) is 4.79 Å². The maximum Gasteiger partial charge on any atom is 0.233 e. The molecule has 1 aliphatic heterocycles. The quantitative estimate of drug-likeness (QED) is 0.848. The Morgan fingerprint density at radius 1 is 0.952 bits per heavy atom. The van der Waals surface area contributed by atoms with Crippen LogP contribution < -0.4 is 14.5 Å². The van der Waals surface area contributed by atoms with Gasteiger partial charge in [-0.2, -0.15) is 0 Å². The average molecular weight is 282 g/mol. The summed E-state index contributed by atoms with van der Waals surface area (Å²) in [5.74, 6) is 0.779. The fourth-order valence-corrected chi connectivity index (χ4v) is 2.68. The van der Waals surface area contributed by atoms with Crippen LogP contribution in [0.15, 0.2) is 48.5 Å². The first kappa shape index (κ1) is 13.5. The third kappa shape index (κ3) is 2.33. The van der Waals surface area contributed by atoms with Crippen LogP contribution in [0.25, 0.3) is 0 Å². The van der Waals surface area contributed by atoms with E-state index < -0.39 is 0 Å². The van der Waals surface area contributed by atoms with Crippen LogP contribution >= 0.6 is 0 Å². The largest absolute Gasteiger partial charge is 0.495 e. The molecule has 0 aromatic heterocycles. The van der Waals surface area contributed by atoms with Gasteiger partial charge in [-0.05, 0) is 24.3 Å². The highest BCUT2D eigenvalue weighted by Gasteiger charge is 2.27. The fourth-order valence-electron chi connectivity index (χ4n) is 2.68. The van der Waals surface area contributed by atoms with Gasteiger partial charge in [-0.3, -0.25) is 9.69 Å². The van der Waals surface area contributed by atoms with Crippen molar-refractivity contribution in [3.05, 3.63) is 48.5 Å². The molecule has 3 rings (SSSR count). The normalized spacial score (nSPS) is 14.7. The number of anilines is 3. The van der Waals surface area contributed by atoms with E-state index in [0.717, 1.165) is 17.1 Å². The van der Waals surface area contributed by atoms with Crippen LogP contribution in [0.4, 0.5) is 17.1 Å². The first-order valence-electron chi connectivity index (χ1n) is 6.98. The predicted molar refractivity (Wildman–Crippen MR) is 84.5 cm³/mol. The molecule has 21 heavy (non-hydrogen) atoms. The Kier molecular flexibility index (Phi) is 3.52. The lowest BCUT2D eigenvalue weighted by Gasteiger charge is -2.25. The van der Waals surface area contributed by atoms with Gasteiger partial charge in [0.25, 0.3) is 0 Å². The number of nitrogens with zero attached hydrogens (tertiary/aromatic N) is 2. The fraction of sp³-hybridized carbons (Fsp3) is 0.235. The van der Waals surface area contributed by atoms with Crippen molar-refractivity contribution in [1.29, 1.82) is 0 Å². The van der Waals surface area contributed by atoms with Crippen molar-refractivity contribution in [2.75, 3.05) is 30.5 Å². The Labute approximate surface area is 124 Å². The van der Waals surface area contributed by atoms with E-state index in [1.807, 2.05) is 55.6 Å². The summed E-state index contributed by atoms with van der Waals surface area (Å²) in [6.45, 7) is 0.710. The Morgan fingerprint density at radius 2 is 1.57 bits per heavy atom. The molecule has 1 aliphatic rings. The van der Waals surface area contributed by atoms with Gasteiger partial charge >= 0.3 is 0 Å².